The topological polar surface area (TPSA) is 35.8 Å². The van der Waals surface area contributed by atoms with E-state index in [-0.39, 0.29) is 5.54 Å². The number of benzene rings is 1. The summed E-state index contributed by atoms with van der Waals surface area (Å²) in [5, 5.41) is 12.8. The monoisotopic (exact) mass is 302 g/mol. The second-order valence-electron chi connectivity index (χ2n) is 7.01. The first kappa shape index (κ1) is 16.4. The number of nitrogens with one attached hydrogen (secondary N) is 1. The molecule has 0 aromatic heterocycles. The minimum Gasteiger partial charge on any atom is -0.308 e. The number of hydrogen-bond acceptors (Lipinski definition) is 3. The number of rotatable bonds is 5. The van der Waals surface area contributed by atoms with E-state index in [9.17, 15) is 5.26 Å². The molecule has 0 atom stereocenters. The molecule has 0 radical (unpaired) electrons. The first-order chi connectivity index (χ1) is 9.98. The molecule has 1 fully saturated rings. The van der Waals surface area contributed by atoms with Crippen LogP contribution in [0.1, 0.15) is 57.6 Å². The molecule has 1 saturated carbocycles. The summed E-state index contributed by atoms with van der Waals surface area (Å²) in [6, 6.07) is 8.67. The van der Waals surface area contributed by atoms with E-state index in [1.165, 1.54) is 31.2 Å². The zero-order valence-corrected chi connectivity index (χ0v) is 14.2. The average molecular weight is 302 g/mol. The summed E-state index contributed by atoms with van der Waals surface area (Å²) in [5.74, 6) is 2.01. The fourth-order valence-corrected chi connectivity index (χ4v) is 3.83. The number of nitriles is 1. The maximum atomic E-state index is 9.38. The van der Waals surface area contributed by atoms with Crippen LogP contribution in [0.5, 0.6) is 0 Å². The minimum absolute atomic E-state index is 0.0999. The lowest BCUT2D eigenvalue weighted by atomic mass is 10.1. The Kier molecular flexibility index (Phi) is 5.72. The zero-order valence-electron chi connectivity index (χ0n) is 13.4. The highest BCUT2D eigenvalue weighted by Crippen LogP contribution is 2.32. The van der Waals surface area contributed by atoms with Crippen molar-refractivity contribution in [3.05, 3.63) is 29.3 Å². The van der Waals surface area contributed by atoms with E-state index < -0.39 is 0 Å². The van der Waals surface area contributed by atoms with Gasteiger partial charge >= 0.3 is 0 Å². The Morgan fingerprint density at radius 3 is 2.62 bits per heavy atom. The molecular weight excluding hydrogens is 276 g/mol. The minimum atomic E-state index is 0.0999. The Labute approximate surface area is 133 Å². The maximum absolute atomic E-state index is 9.38. The number of hydrogen-bond donors (Lipinski definition) is 1. The molecule has 1 N–H and O–H groups in total. The number of thioether (sulfide) groups is 1. The van der Waals surface area contributed by atoms with Gasteiger partial charge in [-0.1, -0.05) is 18.9 Å². The standard InChI is InChI=1S/C18H26N2S/c1-18(2,3)20-12-15-8-9-17(16(10-15)11-19)21-13-14-6-4-5-7-14/h8-10,14,20H,4-7,12-13H2,1-3H3. The largest absolute Gasteiger partial charge is 0.308 e. The van der Waals surface area contributed by atoms with E-state index >= 15 is 0 Å². The van der Waals surface area contributed by atoms with E-state index in [0.717, 1.165) is 28.7 Å². The molecule has 2 nitrogen and oxygen atoms in total. The van der Waals surface area contributed by atoms with Gasteiger partial charge in [-0.3, -0.25) is 0 Å². The summed E-state index contributed by atoms with van der Waals surface area (Å²) in [5.41, 5.74) is 2.11. The lowest BCUT2D eigenvalue weighted by Crippen LogP contribution is -2.35. The Morgan fingerprint density at radius 2 is 2.00 bits per heavy atom. The van der Waals surface area contributed by atoms with Gasteiger partial charge in [-0.05, 0) is 57.2 Å². The summed E-state index contributed by atoms with van der Waals surface area (Å²) >= 11 is 1.86. The summed E-state index contributed by atoms with van der Waals surface area (Å²) in [6.45, 7) is 7.28. The SMILES string of the molecule is CC(C)(C)NCc1ccc(SCC2CCCC2)c(C#N)c1. The second kappa shape index (κ2) is 7.33. The quantitative estimate of drug-likeness (QED) is 0.799. The van der Waals surface area contributed by atoms with Crippen LogP contribution in [0, 0.1) is 17.2 Å². The molecule has 2 rings (SSSR count). The molecule has 1 aliphatic carbocycles. The molecule has 1 aromatic rings. The average Bonchev–Trinajstić information content (AvgIpc) is 2.95. The van der Waals surface area contributed by atoms with E-state index in [1.54, 1.807) is 0 Å². The van der Waals surface area contributed by atoms with Crippen molar-refractivity contribution < 1.29 is 0 Å². The van der Waals surface area contributed by atoms with Crippen LogP contribution in [-0.2, 0) is 6.54 Å². The van der Waals surface area contributed by atoms with Gasteiger partial charge in [0.2, 0.25) is 0 Å². The molecule has 1 aromatic carbocycles. The molecular formula is C18H26N2S. The van der Waals surface area contributed by atoms with Crippen LogP contribution in [0.15, 0.2) is 23.1 Å². The van der Waals surface area contributed by atoms with Crippen LogP contribution in [0.3, 0.4) is 0 Å². The van der Waals surface area contributed by atoms with Crippen LogP contribution in [0.4, 0.5) is 0 Å². The molecule has 0 bridgehead atoms. The first-order valence-electron chi connectivity index (χ1n) is 7.89. The fourth-order valence-electron chi connectivity index (χ4n) is 2.65. The molecule has 3 heteroatoms. The van der Waals surface area contributed by atoms with Gasteiger partial charge in [0.15, 0.2) is 0 Å². The first-order valence-corrected chi connectivity index (χ1v) is 8.87. The predicted molar refractivity (Wildman–Crippen MR) is 90.4 cm³/mol. The molecule has 0 aliphatic heterocycles. The van der Waals surface area contributed by atoms with Crippen molar-refractivity contribution in [2.75, 3.05) is 5.75 Å². The van der Waals surface area contributed by atoms with Gasteiger partial charge in [0.25, 0.3) is 0 Å². The third kappa shape index (κ3) is 5.37. The van der Waals surface area contributed by atoms with Crippen molar-refractivity contribution in [1.29, 1.82) is 5.26 Å². The second-order valence-corrected chi connectivity index (χ2v) is 8.07. The summed E-state index contributed by atoms with van der Waals surface area (Å²) < 4.78 is 0. The van der Waals surface area contributed by atoms with Gasteiger partial charge in [0.1, 0.15) is 6.07 Å². The van der Waals surface area contributed by atoms with Crippen molar-refractivity contribution in [2.24, 2.45) is 5.92 Å². The van der Waals surface area contributed by atoms with Gasteiger partial charge in [0, 0.05) is 22.7 Å². The van der Waals surface area contributed by atoms with Crippen LogP contribution in [-0.4, -0.2) is 11.3 Å². The summed E-state index contributed by atoms with van der Waals surface area (Å²) in [4.78, 5) is 1.14. The van der Waals surface area contributed by atoms with E-state index in [0.29, 0.717) is 0 Å². The van der Waals surface area contributed by atoms with Gasteiger partial charge in [0.05, 0.1) is 5.56 Å². The summed E-state index contributed by atoms with van der Waals surface area (Å²) in [6.07, 6.45) is 5.49. The summed E-state index contributed by atoms with van der Waals surface area (Å²) in [7, 11) is 0. The lowest BCUT2D eigenvalue weighted by Gasteiger charge is -2.20. The highest BCUT2D eigenvalue weighted by Gasteiger charge is 2.16. The molecule has 0 spiro atoms. The molecule has 0 heterocycles. The molecule has 21 heavy (non-hydrogen) atoms. The predicted octanol–water partition coefficient (Wildman–Crippen LogP) is 4.73. The van der Waals surface area contributed by atoms with Crippen LogP contribution in [0.2, 0.25) is 0 Å². The Morgan fingerprint density at radius 1 is 1.29 bits per heavy atom. The Bertz CT molecular complexity index is 505. The van der Waals surface area contributed by atoms with E-state index in [4.69, 9.17) is 0 Å². The van der Waals surface area contributed by atoms with Crippen molar-refractivity contribution in [3.63, 3.8) is 0 Å². The van der Waals surface area contributed by atoms with E-state index in [1.807, 2.05) is 17.8 Å². The number of nitrogens with zero attached hydrogens (tertiary/aromatic N) is 1. The van der Waals surface area contributed by atoms with Crippen LogP contribution in [0.25, 0.3) is 0 Å². The van der Waals surface area contributed by atoms with Crippen LogP contribution >= 0.6 is 11.8 Å². The Balaban J connectivity index is 1.97. The van der Waals surface area contributed by atoms with Crippen molar-refractivity contribution in [3.8, 4) is 6.07 Å². The normalized spacial score (nSPS) is 16.1. The van der Waals surface area contributed by atoms with Gasteiger partial charge in [-0.15, -0.1) is 11.8 Å². The third-order valence-corrected chi connectivity index (χ3v) is 5.24. The third-order valence-electron chi connectivity index (χ3n) is 3.94. The molecule has 0 unspecified atom stereocenters. The van der Waals surface area contributed by atoms with Crippen molar-refractivity contribution in [1.82, 2.24) is 5.32 Å². The molecule has 114 valence electrons. The van der Waals surface area contributed by atoms with E-state index in [2.05, 4.69) is 44.3 Å². The smallest absolute Gasteiger partial charge is 0.100 e. The fraction of sp³-hybridized carbons (Fsp3) is 0.611. The lowest BCUT2D eigenvalue weighted by molar-refractivity contribution is 0.424. The molecule has 0 amide bonds. The maximum Gasteiger partial charge on any atom is 0.100 e. The Hall–Kier alpha value is -0.980. The highest BCUT2D eigenvalue weighted by molar-refractivity contribution is 7.99. The highest BCUT2D eigenvalue weighted by atomic mass is 32.2. The molecule has 0 saturated heterocycles. The van der Waals surface area contributed by atoms with Crippen LogP contribution < -0.4 is 5.32 Å². The molecule has 1 aliphatic rings. The zero-order chi connectivity index (χ0) is 15.3. The van der Waals surface area contributed by atoms with Crippen molar-refractivity contribution in [2.45, 2.75) is 63.4 Å². The van der Waals surface area contributed by atoms with Gasteiger partial charge in [-0.25, -0.2) is 0 Å². The van der Waals surface area contributed by atoms with Gasteiger partial charge in [-0.2, -0.15) is 5.26 Å². The van der Waals surface area contributed by atoms with Gasteiger partial charge < -0.3 is 5.32 Å². The van der Waals surface area contributed by atoms with Crippen molar-refractivity contribution >= 4 is 11.8 Å².